The molecule has 1 saturated carbocycles. The number of nitrogens with one attached hydrogen (secondary N) is 1. The first-order valence-corrected chi connectivity index (χ1v) is 10.5. The van der Waals surface area contributed by atoms with Gasteiger partial charge in [-0.15, -0.1) is 11.3 Å². The second-order valence-corrected chi connectivity index (χ2v) is 8.83. The Balaban J connectivity index is 1.43. The van der Waals surface area contributed by atoms with Crippen molar-refractivity contribution in [3.63, 3.8) is 0 Å². The Morgan fingerprint density at radius 3 is 2.88 bits per heavy atom. The molecular formula is C19H27N5OS. The molecule has 0 saturated heterocycles. The Labute approximate surface area is 158 Å². The van der Waals surface area contributed by atoms with Crippen LogP contribution in [0, 0.1) is 5.92 Å². The quantitative estimate of drug-likeness (QED) is 0.843. The van der Waals surface area contributed by atoms with Gasteiger partial charge in [-0.3, -0.25) is 9.89 Å². The lowest BCUT2D eigenvalue weighted by molar-refractivity contribution is 0.0757. The molecule has 3 N–H and O–H groups in total. The second-order valence-electron chi connectivity index (χ2n) is 7.94. The number of nitrogens with two attached hydrogens (primary N) is 1. The van der Waals surface area contributed by atoms with E-state index < -0.39 is 0 Å². The SMILES string of the molecule is CC(C)C[C@H](N)c1nc(C(=O)N2CCc3[nH]nc(C4CC4)c3CC2)cs1. The number of hydrogen-bond acceptors (Lipinski definition) is 5. The number of fused-ring (bicyclic) bond motifs is 1. The van der Waals surface area contributed by atoms with E-state index in [1.807, 2.05) is 10.3 Å². The van der Waals surface area contributed by atoms with E-state index in [1.165, 1.54) is 41.1 Å². The number of nitrogens with zero attached hydrogens (tertiary/aromatic N) is 3. The molecule has 0 bridgehead atoms. The molecule has 0 unspecified atom stereocenters. The summed E-state index contributed by atoms with van der Waals surface area (Å²) in [4.78, 5) is 19.4. The summed E-state index contributed by atoms with van der Waals surface area (Å²) in [5, 5.41) is 10.5. The molecule has 0 spiro atoms. The summed E-state index contributed by atoms with van der Waals surface area (Å²) in [6.07, 6.45) is 5.10. The number of rotatable bonds is 5. The van der Waals surface area contributed by atoms with Crippen molar-refractivity contribution in [1.82, 2.24) is 20.1 Å². The third kappa shape index (κ3) is 3.55. The van der Waals surface area contributed by atoms with Crippen LogP contribution in [0.1, 0.15) is 77.5 Å². The van der Waals surface area contributed by atoms with Crippen molar-refractivity contribution in [3.8, 4) is 0 Å². The average molecular weight is 374 g/mol. The molecule has 0 radical (unpaired) electrons. The zero-order chi connectivity index (χ0) is 18.3. The van der Waals surface area contributed by atoms with Crippen LogP contribution in [0.5, 0.6) is 0 Å². The van der Waals surface area contributed by atoms with E-state index in [1.54, 1.807) is 0 Å². The van der Waals surface area contributed by atoms with Crippen LogP contribution in [0.3, 0.4) is 0 Å². The van der Waals surface area contributed by atoms with Crippen LogP contribution in [0.25, 0.3) is 0 Å². The molecule has 6 nitrogen and oxygen atoms in total. The van der Waals surface area contributed by atoms with Gasteiger partial charge in [-0.05, 0) is 37.2 Å². The minimum absolute atomic E-state index is 0.0235. The minimum Gasteiger partial charge on any atom is -0.337 e. The molecule has 1 amide bonds. The van der Waals surface area contributed by atoms with Gasteiger partial charge in [0.1, 0.15) is 10.7 Å². The Morgan fingerprint density at radius 2 is 2.15 bits per heavy atom. The number of thiazole rings is 1. The number of aromatic nitrogens is 3. The van der Waals surface area contributed by atoms with Crippen LogP contribution in [0.15, 0.2) is 5.38 Å². The van der Waals surface area contributed by atoms with Crippen molar-refractivity contribution in [1.29, 1.82) is 0 Å². The van der Waals surface area contributed by atoms with Gasteiger partial charge in [0, 0.05) is 36.5 Å². The highest BCUT2D eigenvalue weighted by Gasteiger charge is 2.32. The van der Waals surface area contributed by atoms with Crippen LogP contribution in [0.2, 0.25) is 0 Å². The lowest BCUT2D eigenvalue weighted by atomic mass is 10.1. The summed E-state index contributed by atoms with van der Waals surface area (Å²) >= 11 is 1.50. The van der Waals surface area contributed by atoms with Gasteiger partial charge in [-0.25, -0.2) is 4.98 Å². The zero-order valence-corrected chi connectivity index (χ0v) is 16.3. The fourth-order valence-corrected chi connectivity index (χ4v) is 4.54. The maximum atomic E-state index is 12.9. The van der Waals surface area contributed by atoms with Gasteiger partial charge in [0.25, 0.3) is 5.91 Å². The van der Waals surface area contributed by atoms with Crippen molar-refractivity contribution in [3.05, 3.63) is 33.0 Å². The number of carbonyl (C=O) groups excluding carboxylic acids is 1. The monoisotopic (exact) mass is 373 g/mol. The third-order valence-electron chi connectivity index (χ3n) is 5.28. The highest BCUT2D eigenvalue weighted by Crippen LogP contribution is 2.41. The molecule has 1 fully saturated rings. The van der Waals surface area contributed by atoms with Gasteiger partial charge in [-0.1, -0.05) is 13.8 Å². The van der Waals surface area contributed by atoms with Gasteiger partial charge in [0.05, 0.1) is 11.7 Å². The number of carbonyl (C=O) groups is 1. The van der Waals surface area contributed by atoms with Crippen molar-refractivity contribution < 1.29 is 4.79 Å². The van der Waals surface area contributed by atoms with Crippen molar-refractivity contribution in [2.75, 3.05) is 13.1 Å². The Bertz CT molecular complexity index is 792. The van der Waals surface area contributed by atoms with Gasteiger partial charge >= 0.3 is 0 Å². The highest BCUT2D eigenvalue weighted by molar-refractivity contribution is 7.09. The predicted molar refractivity (Wildman–Crippen MR) is 102 cm³/mol. The van der Waals surface area contributed by atoms with E-state index in [9.17, 15) is 4.79 Å². The molecule has 7 heteroatoms. The number of H-pyrrole nitrogens is 1. The Kier molecular flexibility index (Phi) is 4.84. The Morgan fingerprint density at radius 1 is 1.38 bits per heavy atom. The zero-order valence-electron chi connectivity index (χ0n) is 15.5. The smallest absolute Gasteiger partial charge is 0.273 e. The van der Waals surface area contributed by atoms with Gasteiger partial charge in [0.2, 0.25) is 0 Å². The lowest BCUT2D eigenvalue weighted by Gasteiger charge is -2.19. The number of amides is 1. The molecule has 4 rings (SSSR count). The molecule has 2 aliphatic rings. The van der Waals surface area contributed by atoms with Crippen LogP contribution < -0.4 is 5.73 Å². The van der Waals surface area contributed by atoms with Gasteiger partial charge in [0.15, 0.2) is 0 Å². The highest BCUT2D eigenvalue weighted by atomic mass is 32.1. The maximum absolute atomic E-state index is 12.9. The first-order valence-electron chi connectivity index (χ1n) is 9.59. The van der Waals surface area contributed by atoms with Gasteiger partial charge in [-0.2, -0.15) is 5.10 Å². The Hall–Kier alpha value is -1.73. The molecule has 140 valence electrons. The molecule has 2 aromatic heterocycles. The van der Waals surface area contributed by atoms with Gasteiger partial charge < -0.3 is 10.6 Å². The average Bonchev–Trinajstić information content (AvgIpc) is 3.25. The summed E-state index contributed by atoms with van der Waals surface area (Å²) in [5.74, 6) is 1.18. The molecule has 1 atom stereocenters. The number of hydrogen-bond donors (Lipinski definition) is 2. The molecule has 26 heavy (non-hydrogen) atoms. The standard InChI is InChI=1S/C19H27N5OS/c1-11(2)9-14(20)18-21-16(10-26-18)19(25)24-7-5-13-15(6-8-24)22-23-17(13)12-3-4-12/h10-12,14H,3-9,20H2,1-2H3,(H,22,23)/t14-/m0/s1. The molecule has 0 aromatic carbocycles. The van der Waals surface area contributed by atoms with Crippen molar-refractivity contribution >= 4 is 17.2 Å². The second kappa shape index (κ2) is 7.12. The molecule has 2 aromatic rings. The summed E-state index contributed by atoms with van der Waals surface area (Å²) in [6.45, 7) is 5.74. The third-order valence-corrected chi connectivity index (χ3v) is 6.26. The fourth-order valence-electron chi connectivity index (χ4n) is 3.73. The summed E-state index contributed by atoms with van der Waals surface area (Å²) in [6, 6.07) is -0.0855. The number of aromatic amines is 1. The lowest BCUT2D eigenvalue weighted by Crippen LogP contribution is -2.33. The largest absolute Gasteiger partial charge is 0.337 e. The summed E-state index contributed by atoms with van der Waals surface area (Å²) in [7, 11) is 0. The summed E-state index contributed by atoms with van der Waals surface area (Å²) < 4.78 is 0. The molecular weight excluding hydrogens is 346 g/mol. The van der Waals surface area contributed by atoms with E-state index in [2.05, 4.69) is 29.0 Å². The van der Waals surface area contributed by atoms with E-state index in [0.29, 0.717) is 24.1 Å². The minimum atomic E-state index is -0.0855. The first kappa shape index (κ1) is 17.7. The van der Waals surface area contributed by atoms with E-state index in [0.717, 1.165) is 30.8 Å². The van der Waals surface area contributed by atoms with Crippen molar-refractivity contribution in [2.24, 2.45) is 11.7 Å². The molecule has 1 aliphatic carbocycles. The van der Waals surface area contributed by atoms with E-state index >= 15 is 0 Å². The van der Waals surface area contributed by atoms with Crippen molar-refractivity contribution in [2.45, 2.75) is 57.9 Å². The topological polar surface area (TPSA) is 87.9 Å². The van der Waals surface area contributed by atoms with E-state index in [4.69, 9.17) is 5.73 Å². The predicted octanol–water partition coefficient (Wildman–Crippen LogP) is 3.03. The maximum Gasteiger partial charge on any atom is 0.273 e. The molecule has 3 heterocycles. The van der Waals surface area contributed by atoms with Crippen LogP contribution in [-0.4, -0.2) is 39.1 Å². The molecule has 1 aliphatic heterocycles. The first-order chi connectivity index (χ1) is 12.5. The summed E-state index contributed by atoms with van der Waals surface area (Å²) in [5.41, 5.74) is 10.6. The van der Waals surface area contributed by atoms with E-state index in [-0.39, 0.29) is 11.9 Å². The van der Waals surface area contributed by atoms with Crippen LogP contribution in [0.4, 0.5) is 0 Å². The fraction of sp³-hybridized carbons (Fsp3) is 0.632. The normalized spacial score (nSPS) is 18.7. The van der Waals surface area contributed by atoms with Crippen LogP contribution >= 0.6 is 11.3 Å². The van der Waals surface area contributed by atoms with Crippen LogP contribution in [-0.2, 0) is 12.8 Å².